The van der Waals surface area contributed by atoms with Gasteiger partial charge in [-0.25, -0.2) is 0 Å². The van der Waals surface area contributed by atoms with Crippen LogP contribution in [0.15, 0.2) is 18.2 Å². The van der Waals surface area contributed by atoms with E-state index in [1.165, 1.54) is 19.2 Å². The van der Waals surface area contributed by atoms with Crippen LogP contribution in [0.4, 0.5) is 0 Å². The van der Waals surface area contributed by atoms with Gasteiger partial charge in [-0.1, -0.05) is 6.92 Å². The average molecular weight is 253 g/mol. The zero-order valence-electron chi connectivity index (χ0n) is 10.8. The Bertz CT molecular complexity index is 419. The molecule has 1 aromatic rings. The molecule has 18 heavy (non-hydrogen) atoms. The number of phenols is 1. The minimum Gasteiger partial charge on any atom is -0.504 e. The summed E-state index contributed by atoms with van der Waals surface area (Å²) in [5, 5.41) is 21.3. The first kappa shape index (κ1) is 14.3. The summed E-state index contributed by atoms with van der Waals surface area (Å²) < 4.78 is 4.90. The van der Waals surface area contributed by atoms with E-state index in [1.807, 2.05) is 13.8 Å². The zero-order chi connectivity index (χ0) is 13.7. The summed E-state index contributed by atoms with van der Waals surface area (Å²) in [5.74, 6) is -0.0714. The highest BCUT2D eigenvalue weighted by Gasteiger charge is 2.16. The first-order valence-corrected chi connectivity index (χ1v) is 5.78. The van der Waals surface area contributed by atoms with Gasteiger partial charge < -0.3 is 20.3 Å². The van der Waals surface area contributed by atoms with E-state index in [0.29, 0.717) is 11.3 Å². The maximum atomic E-state index is 11.9. The lowest BCUT2D eigenvalue weighted by Gasteiger charge is -2.19. The summed E-state index contributed by atoms with van der Waals surface area (Å²) in [6.45, 7) is 3.67. The average Bonchev–Trinajstić information content (AvgIpc) is 2.37. The van der Waals surface area contributed by atoms with Crippen molar-refractivity contribution < 1.29 is 19.7 Å². The number of methoxy groups -OCH3 is 1. The molecule has 0 aliphatic heterocycles. The Hall–Kier alpha value is -1.75. The molecule has 1 amide bonds. The number of phenolic OH excluding ortho intramolecular Hbond substituents is 1. The Labute approximate surface area is 106 Å². The zero-order valence-corrected chi connectivity index (χ0v) is 10.8. The predicted octanol–water partition coefficient (Wildman–Crippen LogP) is 1.15. The van der Waals surface area contributed by atoms with Crippen molar-refractivity contribution in [2.45, 2.75) is 19.9 Å². The van der Waals surface area contributed by atoms with Gasteiger partial charge in [-0.15, -0.1) is 0 Å². The third kappa shape index (κ3) is 3.37. The maximum absolute atomic E-state index is 11.9. The van der Waals surface area contributed by atoms with Crippen LogP contribution in [0.2, 0.25) is 0 Å². The van der Waals surface area contributed by atoms with E-state index >= 15 is 0 Å². The SMILES string of the molecule is COc1ccc(C(=O)NC(C)C(C)CO)cc1O. The Morgan fingerprint density at radius 2 is 2.11 bits per heavy atom. The highest BCUT2D eigenvalue weighted by Crippen LogP contribution is 2.26. The van der Waals surface area contributed by atoms with Gasteiger partial charge in [-0.3, -0.25) is 4.79 Å². The quantitative estimate of drug-likeness (QED) is 0.735. The molecule has 2 atom stereocenters. The van der Waals surface area contributed by atoms with E-state index in [9.17, 15) is 9.90 Å². The molecule has 5 nitrogen and oxygen atoms in total. The van der Waals surface area contributed by atoms with Crippen molar-refractivity contribution in [2.75, 3.05) is 13.7 Å². The van der Waals surface area contributed by atoms with Gasteiger partial charge in [0, 0.05) is 18.2 Å². The van der Waals surface area contributed by atoms with Crippen LogP contribution in [0.1, 0.15) is 24.2 Å². The number of aromatic hydroxyl groups is 1. The summed E-state index contributed by atoms with van der Waals surface area (Å²) in [7, 11) is 1.44. The smallest absolute Gasteiger partial charge is 0.251 e. The van der Waals surface area contributed by atoms with Gasteiger partial charge in [0.15, 0.2) is 11.5 Å². The second-order valence-corrected chi connectivity index (χ2v) is 4.31. The van der Waals surface area contributed by atoms with Gasteiger partial charge in [-0.05, 0) is 31.0 Å². The highest BCUT2D eigenvalue weighted by molar-refractivity contribution is 5.95. The molecule has 1 aromatic carbocycles. The van der Waals surface area contributed by atoms with Crippen LogP contribution >= 0.6 is 0 Å². The van der Waals surface area contributed by atoms with E-state index in [-0.39, 0.29) is 30.2 Å². The molecule has 0 aliphatic carbocycles. The van der Waals surface area contributed by atoms with E-state index in [2.05, 4.69) is 5.32 Å². The Morgan fingerprint density at radius 3 is 2.61 bits per heavy atom. The summed E-state index contributed by atoms with van der Waals surface area (Å²) in [5.41, 5.74) is 0.352. The lowest BCUT2D eigenvalue weighted by Crippen LogP contribution is -2.38. The van der Waals surface area contributed by atoms with Crippen LogP contribution in [0.5, 0.6) is 11.5 Å². The van der Waals surface area contributed by atoms with Crippen LogP contribution < -0.4 is 10.1 Å². The standard InChI is InChI=1S/C13H19NO4/c1-8(7-15)9(2)14-13(17)10-4-5-12(18-3)11(16)6-10/h4-6,8-9,15-16H,7H2,1-3H3,(H,14,17). The molecule has 0 bridgehead atoms. The summed E-state index contributed by atoms with van der Waals surface area (Å²) >= 11 is 0. The number of carbonyl (C=O) groups excluding carboxylic acids is 1. The highest BCUT2D eigenvalue weighted by atomic mass is 16.5. The number of amides is 1. The minimum atomic E-state index is -0.291. The van der Waals surface area contributed by atoms with Crippen molar-refractivity contribution in [3.8, 4) is 11.5 Å². The van der Waals surface area contributed by atoms with Gasteiger partial charge >= 0.3 is 0 Å². The number of rotatable bonds is 5. The Morgan fingerprint density at radius 1 is 1.44 bits per heavy atom. The minimum absolute atomic E-state index is 0.00924. The summed E-state index contributed by atoms with van der Waals surface area (Å²) in [4.78, 5) is 11.9. The van der Waals surface area contributed by atoms with Crippen molar-refractivity contribution in [2.24, 2.45) is 5.92 Å². The second kappa shape index (κ2) is 6.26. The number of carbonyl (C=O) groups is 1. The molecule has 0 fully saturated rings. The first-order valence-electron chi connectivity index (χ1n) is 5.78. The normalized spacial score (nSPS) is 13.8. The van der Waals surface area contributed by atoms with E-state index in [0.717, 1.165) is 0 Å². The number of ether oxygens (including phenoxy) is 1. The van der Waals surface area contributed by atoms with Crippen molar-refractivity contribution in [3.63, 3.8) is 0 Å². The lowest BCUT2D eigenvalue weighted by atomic mass is 10.0. The topological polar surface area (TPSA) is 78.8 Å². The van der Waals surface area contributed by atoms with Crippen molar-refractivity contribution in [3.05, 3.63) is 23.8 Å². The second-order valence-electron chi connectivity index (χ2n) is 4.31. The number of nitrogens with one attached hydrogen (secondary N) is 1. The predicted molar refractivity (Wildman–Crippen MR) is 67.8 cm³/mol. The van der Waals surface area contributed by atoms with Crippen molar-refractivity contribution in [1.82, 2.24) is 5.32 Å². The molecule has 0 saturated heterocycles. The van der Waals surface area contributed by atoms with Gasteiger partial charge in [0.1, 0.15) is 0 Å². The molecule has 0 spiro atoms. The van der Waals surface area contributed by atoms with Crippen LogP contribution in [-0.2, 0) is 0 Å². The third-order valence-corrected chi connectivity index (χ3v) is 2.94. The maximum Gasteiger partial charge on any atom is 0.251 e. The molecular weight excluding hydrogens is 234 g/mol. The largest absolute Gasteiger partial charge is 0.504 e. The van der Waals surface area contributed by atoms with E-state index in [4.69, 9.17) is 9.84 Å². The Kier molecular flexibility index (Phi) is 4.97. The summed E-state index contributed by atoms with van der Waals surface area (Å²) in [6, 6.07) is 4.31. The van der Waals surface area contributed by atoms with E-state index in [1.54, 1.807) is 6.07 Å². The number of aliphatic hydroxyl groups is 1. The monoisotopic (exact) mass is 253 g/mol. The van der Waals surface area contributed by atoms with Crippen molar-refractivity contribution in [1.29, 1.82) is 0 Å². The molecular formula is C13H19NO4. The third-order valence-electron chi connectivity index (χ3n) is 2.94. The van der Waals surface area contributed by atoms with Crippen molar-refractivity contribution >= 4 is 5.91 Å². The van der Waals surface area contributed by atoms with E-state index < -0.39 is 0 Å². The number of aliphatic hydroxyl groups excluding tert-OH is 1. The molecule has 0 heterocycles. The fourth-order valence-electron chi connectivity index (χ4n) is 1.42. The molecule has 0 aliphatic rings. The van der Waals surface area contributed by atoms with Gasteiger partial charge in [-0.2, -0.15) is 0 Å². The van der Waals surface area contributed by atoms with Gasteiger partial charge in [0.05, 0.1) is 7.11 Å². The number of hydrogen-bond donors (Lipinski definition) is 3. The fraction of sp³-hybridized carbons (Fsp3) is 0.462. The van der Waals surface area contributed by atoms with Crippen LogP contribution in [0.25, 0.3) is 0 Å². The number of hydrogen-bond acceptors (Lipinski definition) is 4. The molecule has 0 aromatic heterocycles. The van der Waals surface area contributed by atoms with Gasteiger partial charge in [0.25, 0.3) is 5.91 Å². The fourth-order valence-corrected chi connectivity index (χ4v) is 1.42. The molecule has 3 N–H and O–H groups in total. The molecule has 0 saturated carbocycles. The first-order chi connectivity index (χ1) is 8.49. The van der Waals surface area contributed by atoms with Gasteiger partial charge in [0.2, 0.25) is 0 Å². The molecule has 1 rings (SSSR count). The molecule has 0 radical (unpaired) electrons. The molecule has 100 valence electrons. The Balaban J connectivity index is 2.76. The van der Waals surface area contributed by atoms with Crippen LogP contribution in [0, 0.1) is 5.92 Å². The number of benzene rings is 1. The summed E-state index contributed by atoms with van der Waals surface area (Å²) in [6.07, 6.45) is 0. The molecule has 5 heteroatoms. The molecule has 2 unspecified atom stereocenters. The van der Waals surface area contributed by atoms with Crippen LogP contribution in [0.3, 0.4) is 0 Å². The lowest BCUT2D eigenvalue weighted by molar-refractivity contribution is 0.0916. The van der Waals surface area contributed by atoms with Crippen LogP contribution in [-0.4, -0.2) is 35.9 Å².